The van der Waals surface area contributed by atoms with E-state index in [-0.39, 0.29) is 0 Å². The van der Waals surface area contributed by atoms with E-state index < -0.39 is 0 Å². The molecule has 0 radical (unpaired) electrons. The molecule has 2 aromatic rings. The number of methoxy groups -OCH3 is 1. The molecule has 2 atom stereocenters. The van der Waals surface area contributed by atoms with Gasteiger partial charge in [-0.15, -0.1) is 0 Å². The molecule has 5 nitrogen and oxygen atoms in total. The minimum absolute atomic E-state index is 0.326. The van der Waals surface area contributed by atoms with E-state index in [1.165, 1.54) is 12.0 Å². The summed E-state index contributed by atoms with van der Waals surface area (Å²) < 4.78 is 5.57. The molecular weight excluding hydrogens is 288 g/mol. The average molecular weight is 312 g/mol. The number of aromatic nitrogens is 2. The van der Waals surface area contributed by atoms with Crippen LogP contribution in [-0.2, 0) is 6.54 Å². The highest BCUT2D eigenvalue weighted by atomic mass is 16.5. The molecule has 0 unspecified atom stereocenters. The standard InChI is InChI=1S/C18H24N4O/c1-13-7-8-15(14-5-3-4-6-16(14)23-2)22(11-13)12-18-20-10-9-17(19)21-18/h3-6,9-10,13,15H,7-8,11-12H2,1-2H3,(H2,19,20,21)/t13-,15-/m1/s1. The second-order valence-corrected chi connectivity index (χ2v) is 6.27. The number of likely N-dealkylation sites (tertiary alicyclic amines) is 1. The third-order valence-corrected chi connectivity index (χ3v) is 4.49. The number of benzene rings is 1. The van der Waals surface area contributed by atoms with Crippen molar-refractivity contribution in [3.05, 3.63) is 47.9 Å². The molecule has 0 aliphatic carbocycles. The van der Waals surface area contributed by atoms with Crippen LogP contribution in [0, 0.1) is 5.92 Å². The van der Waals surface area contributed by atoms with E-state index in [0.29, 0.717) is 24.3 Å². The van der Waals surface area contributed by atoms with Gasteiger partial charge in [0.05, 0.1) is 13.7 Å². The molecule has 2 N–H and O–H groups in total. The van der Waals surface area contributed by atoms with Gasteiger partial charge in [0, 0.05) is 24.3 Å². The van der Waals surface area contributed by atoms with Gasteiger partial charge in [-0.1, -0.05) is 25.1 Å². The van der Waals surface area contributed by atoms with Crippen molar-refractivity contribution in [2.24, 2.45) is 5.92 Å². The summed E-state index contributed by atoms with van der Waals surface area (Å²) in [6.07, 6.45) is 4.06. The molecule has 1 saturated heterocycles. The number of hydrogen-bond donors (Lipinski definition) is 1. The van der Waals surface area contributed by atoms with Gasteiger partial charge in [-0.3, -0.25) is 4.90 Å². The Morgan fingerprint density at radius 1 is 1.26 bits per heavy atom. The van der Waals surface area contributed by atoms with E-state index in [9.17, 15) is 0 Å². The predicted octanol–water partition coefficient (Wildman–Crippen LogP) is 3.04. The van der Waals surface area contributed by atoms with Gasteiger partial charge < -0.3 is 10.5 Å². The predicted molar refractivity (Wildman–Crippen MR) is 91.0 cm³/mol. The molecule has 1 aliphatic rings. The highest BCUT2D eigenvalue weighted by Crippen LogP contribution is 2.38. The van der Waals surface area contributed by atoms with Crippen molar-refractivity contribution >= 4 is 5.82 Å². The second-order valence-electron chi connectivity index (χ2n) is 6.27. The molecule has 2 heterocycles. The molecule has 23 heavy (non-hydrogen) atoms. The van der Waals surface area contributed by atoms with Crippen molar-refractivity contribution in [3.8, 4) is 5.75 Å². The number of para-hydroxylation sites is 1. The van der Waals surface area contributed by atoms with Crippen LogP contribution in [0.25, 0.3) is 0 Å². The lowest BCUT2D eigenvalue weighted by Gasteiger charge is -2.39. The number of piperidine rings is 1. The van der Waals surface area contributed by atoms with Gasteiger partial charge in [0.1, 0.15) is 17.4 Å². The van der Waals surface area contributed by atoms with E-state index in [0.717, 1.165) is 24.5 Å². The summed E-state index contributed by atoms with van der Waals surface area (Å²) in [7, 11) is 1.73. The number of nitrogens with zero attached hydrogens (tertiary/aromatic N) is 3. The number of hydrogen-bond acceptors (Lipinski definition) is 5. The van der Waals surface area contributed by atoms with Crippen LogP contribution in [0.3, 0.4) is 0 Å². The van der Waals surface area contributed by atoms with E-state index in [1.54, 1.807) is 19.4 Å². The third kappa shape index (κ3) is 3.62. The Bertz CT molecular complexity index is 661. The molecule has 0 amide bonds. The van der Waals surface area contributed by atoms with Gasteiger partial charge in [-0.05, 0) is 30.9 Å². The fourth-order valence-corrected chi connectivity index (χ4v) is 3.39. The van der Waals surface area contributed by atoms with Crippen molar-refractivity contribution in [2.45, 2.75) is 32.4 Å². The van der Waals surface area contributed by atoms with Gasteiger partial charge in [-0.25, -0.2) is 9.97 Å². The van der Waals surface area contributed by atoms with E-state index in [2.05, 4.69) is 33.9 Å². The topological polar surface area (TPSA) is 64.3 Å². The number of ether oxygens (including phenoxy) is 1. The van der Waals surface area contributed by atoms with Crippen LogP contribution in [0.2, 0.25) is 0 Å². The van der Waals surface area contributed by atoms with Crippen LogP contribution in [0.4, 0.5) is 5.82 Å². The van der Waals surface area contributed by atoms with E-state index >= 15 is 0 Å². The highest BCUT2D eigenvalue weighted by molar-refractivity contribution is 5.36. The molecule has 5 heteroatoms. The zero-order valence-corrected chi connectivity index (χ0v) is 13.8. The molecule has 0 spiro atoms. The highest BCUT2D eigenvalue weighted by Gasteiger charge is 2.29. The Labute approximate surface area is 137 Å². The molecule has 0 saturated carbocycles. The molecule has 3 rings (SSSR count). The van der Waals surface area contributed by atoms with Crippen LogP contribution in [0.1, 0.15) is 37.2 Å². The average Bonchev–Trinajstić information content (AvgIpc) is 2.55. The summed E-state index contributed by atoms with van der Waals surface area (Å²) in [5.41, 5.74) is 7.03. The lowest BCUT2D eigenvalue weighted by atomic mass is 9.89. The van der Waals surface area contributed by atoms with Crippen LogP contribution in [0.15, 0.2) is 36.5 Å². The summed E-state index contributed by atoms with van der Waals surface area (Å²) in [4.78, 5) is 11.2. The summed E-state index contributed by atoms with van der Waals surface area (Å²) in [6, 6.07) is 10.3. The SMILES string of the molecule is COc1ccccc1[C@H]1CC[C@@H](C)CN1Cc1nccc(N)n1. The second kappa shape index (κ2) is 6.96. The Balaban J connectivity index is 1.87. The lowest BCUT2D eigenvalue weighted by molar-refractivity contribution is 0.101. The van der Waals surface area contributed by atoms with Crippen molar-refractivity contribution in [2.75, 3.05) is 19.4 Å². The van der Waals surface area contributed by atoms with Gasteiger partial charge >= 0.3 is 0 Å². The number of nitrogen functional groups attached to an aromatic ring is 1. The van der Waals surface area contributed by atoms with Gasteiger partial charge in [0.2, 0.25) is 0 Å². The van der Waals surface area contributed by atoms with Crippen LogP contribution in [0.5, 0.6) is 5.75 Å². The maximum atomic E-state index is 5.79. The summed E-state index contributed by atoms with van der Waals surface area (Å²) in [6.45, 7) is 4.03. The summed E-state index contributed by atoms with van der Waals surface area (Å²) in [5.74, 6) is 2.92. The smallest absolute Gasteiger partial charge is 0.144 e. The van der Waals surface area contributed by atoms with Crippen LogP contribution in [-0.4, -0.2) is 28.5 Å². The zero-order valence-electron chi connectivity index (χ0n) is 13.8. The van der Waals surface area contributed by atoms with Gasteiger partial charge in [0.25, 0.3) is 0 Å². The van der Waals surface area contributed by atoms with Crippen LogP contribution < -0.4 is 10.5 Å². The summed E-state index contributed by atoms with van der Waals surface area (Å²) >= 11 is 0. The Kier molecular flexibility index (Phi) is 4.76. The number of nitrogens with two attached hydrogens (primary N) is 1. The first-order valence-corrected chi connectivity index (χ1v) is 8.11. The van der Waals surface area contributed by atoms with Crippen LogP contribution >= 0.6 is 0 Å². The first-order valence-electron chi connectivity index (χ1n) is 8.11. The quantitative estimate of drug-likeness (QED) is 0.940. The first-order chi connectivity index (χ1) is 11.2. The molecule has 1 aromatic heterocycles. The van der Waals surface area contributed by atoms with Crippen molar-refractivity contribution in [1.29, 1.82) is 0 Å². The fraction of sp³-hybridized carbons (Fsp3) is 0.444. The minimum atomic E-state index is 0.326. The minimum Gasteiger partial charge on any atom is -0.496 e. The number of rotatable bonds is 4. The normalized spacial score (nSPS) is 22.0. The van der Waals surface area contributed by atoms with E-state index in [4.69, 9.17) is 10.5 Å². The Morgan fingerprint density at radius 3 is 2.87 bits per heavy atom. The Morgan fingerprint density at radius 2 is 2.09 bits per heavy atom. The first kappa shape index (κ1) is 15.7. The van der Waals surface area contributed by atoms with Crippen molar-refractivity contribution < 1.29 is 4.74 Å². The maximum Gasteiger partial charge on any atom is 0.144 e. The fourth-order valence-electron chi connectivity index (χ4n) is 3.39. The van der Waals surface area contributed by atoms with Crippen molar-refractivity contribution in [3.63, 3.8) is 0 Å². The molecule has 1 aliphatic heterocycles. The molecule has 122 valence electrons. The Hall–Kier alpha value is -2.14. The monoisotopic (exact) mass is 312 g/mol. The lowest BCUT2D eigenvalue weighted by Crippen LogP contribution is -2.37. The molecule has 1 aromatic carbocycles. The molecule has 1 fully saturated rings. The number of anilines is 1. The van der Waals surface area contributed by atoms with Crippen molar-refractivity contribution in [1.82, 2.24) is 14.9 Å². The largest absolute Gasteiger partial charge is 0.496 e. The van der Waals surface area contributed by atoms with Gasteiger partial charge in [-0.2, -0.15) is 0 Å². The van der Waals surface area contributed by atoms with E-state index in [1.807, 2.05) is 12.1 Å². The van der Waals surface area contributed by atoms with Gasteiger partial charge in [0.15, 0.2) is 0 Å². The third-order valence-electron chi connectivity index (χ3n) is 4.49. The maximum absolute atomic E-state index is 5.79. The zero-order chi connectivity index (χ0) is 16.2. The summed E-state index contributed by atoms with van der Waals surface area (Å²) in [5, 5.41) is 0. The molecular formula is C18H24N4O. The molecule has 0 bridgehead atoms.